The number of halogens is 1. The molecule has 0 spiro atoms. The van der Waals surface area contributed by atoms with Gasteiger partial charge in [0, 0.05) is 18.3 Å². The first kappa shape index (κ1) is 12.3. The first-order chi connectivity index (χ1) is 8.11. The molecule has 0 unspecified atom stereocenters. The molecule has 0 aliphatic heterocycles. The van der Waals surface area contributed by atoms with Crippen LogP contribution in [-0.2, 0) is 0 Å². The highest BCUT2D eigenvalue weighted by Crippen LogP contribution is 2.33. The molecule has 0 N–H and O–H groups in total. The van der Waals surface area contributed by atoms with Crippen molar-refractivity contribution in [1.82, 2.24) is 0 Å². The summed E-state index contributed by atoms with van der Waals surface area (Å²) in [5.41, 5.74) is 1.67. The van der Waals surface area contributed by atoms with E-state index >= 15 is 0 Å². The van der Waals surface area contributed by atoms with Gasteiger partial charge in [-0.15, -0.1) is 0 Å². The van der Waals surface area contributed by atoms with Crippen molar-refractivity contribution in [3.05, 3.63) is 28.8 Å². The number of rotatable bonds is 4. The summed E-state index contributed by atoms with van der Waals surface area (Å²) in [5.74, 6) is 0.840. The van der Waals surface area contributed by atoms with E-state index in [-0.39, 0.29) is 0 Å². The minimum atomic E-state index is 0.458. The van der Waals surface area contributed by atoms with Crippen LogP contribution in [0.5, 0.6) is 0 Å². The molecule has 2 rings (SSSR count). The van der Waals surface area contributed by atoms with E-state index < -0.39 is 0 Å². The van der Waals surface area contributed by atoms with Crippen molar-refractivity contribution in [1.29, 1.82) is 5.26 Å². The van der Waals surface area contributed by atoms with Gasteiger partial charge in [0.1, 0.15) is 6.07 Å². The lowest BCUT2D eigenvalue weighted by Crippen LogP contribution is -2.32. The predicted octanol–water partition coefficient (Wildman–Crippen LogP) is 3.84. The fourth-order valence-corrected chi connectivity index (χ4v) is 2.18. The zero-order chi connectivity index (χ0) is 12.4. The van der Waals surface area contributed by atoms with Gasteiger partial charge in [0.2, 0.25) is 0 Å². The Balaban J connectivity index is 2.23. The normalized spacial score (nSPS) is 14.8. The van der Waals surface area contributed by atoms with E-state index in [1.807, 2.05) is 12.1 Å². The Morgan fingerprint density at radius 3 is 2.65 bits per heavy atom. The zero-order valence-corrected chi connectivity index (χ0v) is 11.0. The number of nitrogens with zero attached hydrogens (tertiary/aromatic N) is 2. The van der Waals surface area contributed by atoms with Crippen molar-refractivity contribution in [2.45, 2.75) is 32.7 Å². The maximum Gasteiger partial charge on any atom is 0.101 e. The molecule has 1 saturated carbocycles. The summed E-state index contributed by atoms with van der Waals surface area (Å²) in [4.78, 5) is 2.37. The number of hydrogen-bond acceptors (Lipinski definition) is 2. The lowest BCUT2D eigenvalue weighted by atomic mass is 10.1. The molecule has 1 fully saturated rings. The molecule has 0 radical (unpaired) electrons. The lowest BCUT2D eigenvalue weighted by Gasteiger charge is -2.29. The smallest absolute Gasteiger partial charge is 0.101 e. The number of anilines is 1. The summed E-state index contributed by atoms with van der Waals surface area (Å²) in [5, 5.41) is 9.41. The van der Waals surface area contributed by atoms with Crippen molar-refractivity contribution in [2.75, 3.05) is 11.4 Å². The summed E-state index contributed by atoms with van der Waals surface area (Å²) in [6.45, 7) is 5.48. The first-order valence-electron chi connectivity index (χ1n) is 6.08. The third kappa shape index (κ3) is 2.92. The molecule has 90 valence electrons. The van der Waals surface area contributed by atoms with E-state index in [1.165, 1.54) is 12.8 Å². The van der Waals surface area contributed by atoms with Gasteiger partial charge in [0.05, 0.1) is 10.6 Å². The summed E-state index contributed by atoms with van der Waals surface area (Å²) in [6, 6.07) is 8.25. The van der Waals surface area contributed by atoms with Crippen molar-refractivity contribution in [3.63, 3.8) is 0 Å². The largest absolute Gasteiger partial charge is 0.369 e. The Morgan fingerprint density at radius 1 is 1.47 bits per heavy atom. The van der Waals surface area contributed by atoms with Crippen LogP contribution in [-0.4, -0.2) is 12.6 Å². The maximum atomic E-state index is 8.86. The third-order valence-electron chi connectivity index (χ3n) is 3.18. The second-order valence-corrected chi connectivity index (χ2v) is 5.37. The first-order valence-corrected chi connectivity index (χ1v) is 6.46. The fourth-order valence-electron chi connectivity index (χ4n) is 1.97. The van der Waals surface area contributed by atoms with Crippen molar-refractivity contribution >= 4 is 17.3 Å². The minimum Gasteiger partial charge on any atom is -0.369 e. The van der Waals surface area contributed by atoms with Crippen LogP contribution in [0.15, 0.2) is 18.2 Å². The molecule has 1 aliphatic rings. The van der Waals surface area contributed by atoms with Gasteiger partial charge in [-0.1, -0.05) is 11.6 Å². The molecule has 0 amide bonds. The Labute approximate surface area is 108 Å². The standard InChI is InChI=1S/C14H17ClN2/c1-10(2)17(9-11-3-4-11)13-6-5-12(8-16)14(15)7-13/h5-7,10-11H,3-4,9H2,1-2H3. The van der Waals surface area contributed by atoms with Gasteiger partial charge in [-0.2, -0.15) is 5.26 Å². The molecule has 0 aromatic heterocycles. The molecule has 0 atom stereocenters. The van der Waals surface area contributed by atoms with E-state index in [0.717, 1.165) is 18.2 Å². The average Bonchev–Trinajstić information content (AvgIpc) is 3.09. The maximum absolute atomic E-state index is 8.86. The summed E-state index contributed by atoms with van der Waals surface area (Å²) >= 11 is 6.08. The number of nitriles is 1. The second-order valence-electron chi connectivity index (χ2n) is 4.97. The van der Waals surface area contributed by atoms with E-state index in [9.17, 15) is 0 Å². The summed E-state index contributed by atoms with van der Waals surface area (Å²) < 4.78 is 0. The summed E-state index contributed by atoms with van der Waals surface area (Å²) in [7, 11) is 0. The van der Waals surface area contributed by atoms with Crippen LogP contribution < -0.4 is 4.90 Å². The highest BCUT2D eigenvalue weighted by molar-refractivity contribution is 6.32. The Kier molecular flexibility index (Phi) is 3.59. The number of hydrogen-bond donors (Lipinski definition) is 0. The summed E-state index contributed by atoms with van der Waals surface area (Å²) in [6.07, 6.45) is 2.68. The van der Waals surface area contributed by atoms with Gasteiger partial charge >= 0.3 is 0 Å². The van der Waals surface area contributed by atoms with Crippen LogP contribution >= 0.6 is 11.6 Å². The van der Waals surface area contributed by atoms with E-state index in [4.69, 9.17) is 16.9 Å². The van der Waals surface area contributed by atoms with Crippen LogP contribution in [0.25, 0.3) is 0 Å². The van der Waals surface area contributed by atoms with E-state index in [1.54, 1.807) is 6.07 Å². The van der Waals surface area contributed by atoms with Crippen molar-refractivity contribution < 1.29 is 0 Å². The Hall–Kier alpha value is -1.20. The molecule has 1 aliphatic carbocycles. The second kappa shape index (κ2) is 4.98. The SMILES string of the molecule is CC(C)N(CC1CC1)c1ccc(C#N)c(Cl)c1. The predicted molar refractivity (Wildman–Crippen MR) is 71.4 cm³/mol. The van der Waals surface area contributed by atoms with E-state index in [0.29, 0.717) is 16.6 Å². The molecule has 0 saturated heterocycles. The van der Waals surface area contributed by atoms with Gasteiger partial charge in [-0.3, -0.25) is 0 Å². The minimum absolute atomic E-state index is 0.458. The molecule has 1 aromatic rings. The van der Waals surface area contributed by atoms with Crippen LogP contribution in [0, 0.1) is 17.2 Å². The highest BCUT2D eigenvalue weighted by atomic mass is 35.5. The quantitative estimate of drug-likeness (QED) is 0.810. The van der Waals surface area contributed by atoms with Crippen LogP contribution in [0.3, 0.4) is 0 Å². The number of benzene rings is 1. The van der Waals surface area contributed by atoms with Gasteiger partial charge in [0.25, 0.3) is 0 Å². The van der Waals surface area contributed by atoms with Crippen LogP contribution in [0.4, 0.5) is 5.69 Å². The lowest BCUT2D eigenvalue weighted by molar-refractivity contribution is 0.645. The molecule has 0 bridgehead atoms. The molecule has 17 heavy (non-hydrogen) atoms. The molecular formula is C14H17ClN2. The van der Waals surface area contributed by atoms with Crippen molar-refractivity contribution in [3.8, 4) is 6.07 Å². The van der Waals surface area contributed by atoms with Gasteiger partial charge in [0.15, 0.2) is 0 Å². The Morgan fingerprint density at radius 2 is 2.18 bits per heavy atom. The molecular weight excluding hydrogens is 232 g/mol. The van der Waals surface area contributed by atoms with Crippen LogP contribution in [0.2, 0.25) is 5.02 Å². The fraction of sp³-hybridized carbons (Fsp3) is 0.500. The highest BCUT2D eigenvalue weighted by Gasteiger charge is 2.25. The molecule has 0 heterocycles. The van der Waals surface area contributed by atoms with E-state index in [2.05, 4.69) is 24.8 Å². The molecule has 3 heteroatoms. The zero-order valence-electron chi connectivity index (χ0n) is 10.3. The molecule has 1 aromatic carbocycles. The van der Waals surface area contributed by atoms with Crippen LogP contribution in [0.1, 0.15) is 32.3 Å². The van der Waals surface area contributed by atoms with Gasteiger partial charge in [-0.05, 0) is 50.8 Å². The molecule has 2 nitrogen and oxygen atoms in total. The topological polar surface area (TPSA) is 27.0 Å². The van der Waals surface area contributed by atoms with Crippen molar-refractivity contribution in [2.24, 2.45) is 5.92 Å². The Bertz CT molecular complexity index is 444. The van der Waals surface area contributed by atoms with Gasteiger partial charge < -0.3 is 4.90 Å². The third-order valence-corrected chi connectivity index (χ3v) is 3.49. The monoisotopic (exact) mass is 248 g/mol. The van der Waals surface area contributed by atoms with Gasteiger partial charge in [-0.25, -0.2) is 0 Å². The average molecular weight is 249 g/mol.